The lowest BCUT2D eigenvalue weighted by molar-refractivity contribution is 0.552. The summed E-state index contributed by atoms with van der Waals surface area (Å²) in [7, 11) is -3.40. The van der Waals surface area contributed by atoms with Crippen LogP contribution in [0.4, 0.5) is 5.13 Å². The topological polar surface area (TPSA) is 84.0 Å². The molecule has 1 fully saturated rings. The third-order valence-corrected chi connectivity index (χ3v) is 6.46. The molecule has 0 amide bonds. The molecule has 1 aliphatic rings. The van der Waals surface area contributed by atoms with Crippen molar-refractivity contribution in [1.29, 1.82) is 0 Å². The lowest BCUT2D eigenvalue weighted by Gasteiger charge is -2.12. The average Bonchev–Trinajstić information content (AvgIpc) is 3.19. The minimum atomic E-state index is -3.40. The number of benzene rings is 1. The molecule has 24 heavy (non-hydrogen) atoms. The molecule has 0 unspecified atom stereocenters. The summed E-state index contributed by atoms with van der Waals surface area (Å²) in [6.45, 7) is 2.66. The second-order valence-electron chi connectivity index (χ2n) is 6.05. The predicted molar refractivity (Wildman–Crippen MR) is 95.9 cm³/mol. The molecule has 130 valence electrons. The Morgan fingerprint density at radius 1 is 1.17 bits per heavy atom. The fraction of sp³-hybridized carbons (Fsp3) is 0.500. The maximum Gasteiger partial charge on any atom is 0.240 e. The number of nitrogens with zero attached hydrogens (tertiary/aromatic N) is 2. The highest BCUT2D eigenvalue weighted by molar-refractivity contribution is 7.89. The number of aryl methyl sites for hydroxylation is 1. The van der Waals surface area contributed by atoms with Crippen molar-refractivity contribution in [1.82, 2.24) is 14.9 Å². The Bertz CT molecular complexity index is 766. The number of sulfonamides is 1. The van der Waals surface area contributed by atoms with E-state index in [2.05, 4.69) is 20.2 Å². The van der Waals surface area contributed by atoms with Gasteiger partial charge in [-0.1, -0.05) is 36.3 Å². The Morgan fingerprint density at radius 2 is 1.88 bits per heavy atom. The third kappa shape index (κ3) is 4.52. The van der Waals surface area contributed by atoms with Gasteiger partial charge in [0.25, 0.3) is 0 Å². The van der Waals surface area contributed by atoms with Crippen LogP contribution in [0.2, 0.25) is 0 Å². The molecule has 0 spiro atoms. The Labute approximate surface area is 146 Å². The van der Waals surface area contributed by atoms with Crippen molar-refractivity contribution >= 4 is 26.5 Å². The highest BCUT2D eigenvalue weighted by atomic mass is 32.2. The van der Waals surface area contributed by atoms with Crippen LogP contribution in [0, 0.1) is 6.92 Å². The number of rotatable bonds is 7. The number of hydrogen-bond acceptors (Lipinski definition) is 6. The van der Waals surface area contributed by atoms with Crippen LogP contribution in [0.15, 0.2) is 29.2 Å². The SMILES string of the molecule is Cc1nnc(NCCc2ccc(S(=O)(=O)NC3CCCC3)cc2)s1. The molecule has 0 atom stereocenters. The number of aromatic nitrogens is 2. The Hall–Kier alpha value is -1.51. The highest BCUT2D eigenvalue weighted by Crippen LogP contribution is 2.20. The van der Waals surface area contributed by atoms with Gasteiger partial charge in [-0.15, -0.1) is 10.2 Å². The summed E-state index contributed by atoms with van der Waals surface area (Å²) < 4.78 is 27.5. The molecule has 1 saturated carbocycles. The molecule has 0 radical (unpaired) electrons. The van der Waals surface area contributed by atoms with Gasteiger partial charge in [-0.2, -0.15) is 0 Å². The summed E-state index contributed by atoms with van der Waals surface area (Å²) in [5.41, 5.74) is 1.09. The maximum atomic E-state index is 12.4. The standard InChI is InChI=1S/C16H22N4O2S2/c1-12-18-19-16(23-12)17-11-10-13-6-8-15(9-7-13)24(21,22)20-14-4-2-3-5-14/h6-9,14,20H,2-5,10-11H2,1H3,(H,17,19). The van der Waals surface area contributed by atoms with Crippen molar-refractivity contribution in [3.8, 4) is 0 Å². The molecule has 1 aliphatic carbocycles. The van der Waals surface area contributed by atoms with Crippen molar-refractivity contribution in [3.05, 3.63) is 34.8 Å². The van der Waals surface area contributed by atoms with E-state index >= 15 is 0 Å². The second-order valence-corrected chi connectivity index (χ2v) is 8.95. The van der Waals surface area contributed by atoms with Crippen LogP contribution >= 0.6 is 11.3 Å². The molecule has 1 heterocycles. The van der Waals surface area contributed by atoms with Gasteiger partial charge in [-0.3, -0.25) is 0 Å². The molecule has 0 saturated heterocycles. The van der Waals surface area contributed by atoms with Crippen LogP contribution in [-0.2, 0) is 16.4 Å². The normalized spacial score (nSPS) is 15.7. The van der Waals surface area contributed by atoms with Crippen LogP contribution in [0.5, 0.6) is 0 Å². The van der Waals surface area contributed by atoms with Gasteiger partial charge >= 0.3 is 0 Å². The first-order valence-electron chi connectivity index (χ1n) is 8.18. The first-order chi connectivity index (χ1) is 11.5. The maximum absolute atomic E-state index is 12.4. The van der Waals surface area contributed by atoms with E-state index in [-0.39, 0.29) is 6.04 Å². The van der Waals surface area contributed by atoms with E-state index in [1.807, 2.05) is 19.1 Å². The molecule has 1 aromatic carbocycles. The van der Waals surface area contributed by atoms with E-state index < -0.39 is 10.0 Å². The largest absolute Gasteiger partial charge is 0.360 e. The Balaban J connectivity index is 1.54. The van der Waals surface area contributed by atoms with E-state index in [4.69, 9.17) is 0 Å². The van der Waals surface area contributed by atoms with Crippen molar-refractivity contribution in [2.45, 2.75) is 50.0 Å². The van der Waals surface area contributed by atoms with Gasteiger partial charge in [-0.05, 0) is 43.9 Å². The smallest absolute Gasteiger partial charge is 0.240 e. The van der Waals surface area contributed by atoms with Crippen LogP contribution in [-0.4, -0.2) is 31.2 Å². The highest BCUT2D eigenvalue weighted by Gasteiger charge is 2.22. The summed E-state index contributed by atoms with van der Waals surface area (Å²) >= 11 is 1.52. The van der Waals surface area contributed by atoms with Gasteiger partial charge in [-0.25, -0.2) is 13.1 Å². The zero-order valence-corrected chi connectivity index (χ0v) is 15.3. The fourth-order valence-corrected chi connectivity index (χ4v) is 4.77. The quantitative estimate of drug-likeness (QED) is 0.787. The van der Waals surface area contributed by atoms with Crippen molar-refractivity contribution in [3.63, 3.8) is 0 Å². The predicted octanol–water partition coefficient (Wildman–Crippen LogP) is 2.72. The molecule has 2 aromatic rings. The number of hydrogen-bond donors (Lipinski definition) is 2. The first-order valence-corrected chi connectivity index (χ1v) is 10.5. The van der Waals surface area contributed by atoms with E-state index in [1.54, 1.807) is 12.1 Å². The summed E-state index contributed by atoms with van der Waals surface area (Å²) in [4.78, 5) is 0.339. The van der Waals surface area contributed by atoms with Gasteiger partial charge in [0.2, 0.25) is 15.2 Å². The number of nitrogens with one attached hydrogen (secondary N) is 2. The summed E-state index contributed by atoms with van der Waals surface area (Å²) in [6, 6.07) is 7.20. The molecule has 3 rings (SSSR count). The third-order valence-electron chi connectivity index (χ3n) is 4.13. The average molecular weight is 367 g/mol. The zero-order valence-electron chi connectivity index (χ0n) is 13.7. The van der Waals surface area contributed by atoms with Gasteiger partial charge in [0.15, 0.2) is 0 Å². The molecule has 8 heteroatoms. The fourth-order valence-electron chi connectivity index (χ4n) is 2.85. The van der Waals surface area contributed by atoms with Crippen LogP contribution in [0.25, 0.3) is 0 Å². The van der Waals surface area contributed by atoms with Crippen molar-refractivity contribution < 1.29 is 8.42 Å². The molecular weight excluding hydrogens is 344 g/mol. The van der Waals surface area contributed by atoms with E-state index in [0.717, 1.165) is 54.4 Å². The molecule has 0 aliphatic heterocycles. The lowest BCUT2D eigenvalue weighted by atomic mass is 10.1. The van der Waals surface area contributed by atoms with E-state index in [0.29, 0.717) is 4.90 Å². The van der Waals surface area contributed by atoms with Crippen LogP contribution in [0.3, 0.4) is 0 Å². The van der Waals surface area contributed by atoms with Gasteiger partial charge in [0, 0.05) is 12.6 Å². The lowest BCUT2D eigenvalue weighted by Crippen LogP contribution is -2.32. The molecular formula is C16H22N4O2S2. The van der Waals surface area contributed by atoms with E-state index in [9.17, 15) is 8.42 Å². The summed E-state index contributed by atoms with van der Waals surface area (Å²) in [5, 5.41) is 12.9. The van der Waals surface area contributed by atoms with Gasteiger partial charge in [0.1, 0.15) is 5.01 Å². The van der Waals surface area contributed by atoms with Crippen molar-refractivity contribution in [2.75, 3.05) is 11.9 Å². The van der Waals surface area contributed by atoms with Crippen LogP contribution < -0.4 is 10.0 Å². The zero-order chi connectivity index (χ0) is 17.0. The van der Waals surface area contributed by atoms with Crippen molar-refractivity contribution in [2.24, 2.45) is 0 Å². The minimum Gasteiger partial charge on any atom is -0.360 e. The summed E-state index contributed by atoms with van der Waals surface area (Å²) in [6.07, 6.45) is 4.89. The van der Waals surface area contributed by atoms with Crippen LogP contribution in [0.1, 0.15) is 36.3 Å². The molecule has 0 bridgehead atoms. The molecule has 6 nitrogen and oxygen atoms in total. The Kier molecular flexibility index (Phi) is 5.47. The van der Waals surface area contributed by atoms with Gasteiger partial charge < -0.3 is 5.32 Å². The van der Waals surface area contributed by atoms with Gasteiger partial charge in [0.05, 0.1) is 4.90 Å². The second kappa shape index (κ2) is 7.58. The molecule has 2 N–H and O–H groups in total. The summed E-state index contributed by atoms with van der Waals surface area (Å²) in [5.74, 6) is 0. The molecule has 1 aromatic heterocycles. The number of anilines is 1. The monoisotopic (exact) mass is 366 g/mol. The minimum absolute atomic E-state index is 0.0919. The van der Waals surface area contributed by atoms with E-state index in [1.165, 1.54) is 11.3 Å². The first kappa shape index (κ1) is 17.3. The Morgan fingerprint density at radius 3 is 2.50 bits per heavy atom.